The lowest BCUT2D eigenvalue weighted by molar-refractivity contribution is -0.126. The van der Waals surface area contributed by atoms with E-state index in [4.69, 9.17) is 0 Å². The van der Waals surface area contributed by atoms with Gasteiger partial charge in [-0.25, -0.2) is 4.98 Å². The Kier molecular flexibility index (Phi) is 4.73. The number of phenols is 1. The Labute approximate surface area is 134 Å². The molecule has 5 heteroatoms. The number of phenolic OH excluding ortho intramolecular Hbond substituents is 1. The van der Waals surface area contributed by atoms with Crippen molar-refractivity contribution in [2.45, 2.75) is 38.6 Å². The van der Waals surface area contributed by atoms with Crippen molar-refractivity contribution in [3.05, 3.63) is 34.7 Å². The molecule has 1 heterocycles. The Bertz CT molecular complexity index is 630. The Morgan fingerprint density at radius 1 is 1.23 bits per heavy atom. The highest BCUT2D eigenvalue weighted by molar-refractivity contribution is 7.09. The van der Waals surface area contributed by atoms with Crippen LogP contribution in [0.5, 0.6) is 5.75 Å². The number of benzene rings is 1. The van der Waals surface area contributed by atoms with Crippen LogP contribution in [-0.4, -0.2) is 16.0 Å². The maximum atomic E-state index is 12.1. The topological polar surface area (TPSA) is 62.2 Å². The van der Waals surface area contributed by atoms with Gasteiger partial charge in [0, 0.05) is 16.9 Å². The molecule has 116 valence electrons. The van der Waals surface area contributed by atoms with E-state index in [-0.39, 0.29) is 17.6 Å². The van der Waals surface area contributed by atoms with Crippen LogP contribution in [0.2, 0.25) is 0 Å². The monoisotopic (exact) mass is 316 g/mol. The first-order valence-electron chi connectivity index (χ1n) is 7.74. The first kappa shape index (κ1) is 15.0. The third kappa shape index (κ3) is 3.65. The third-order valence-electron chi connectivity index (χ3n) is 4.10. The van der Waals surface area contributed by atoms with Gasteiger partial charge in [0.1, 0.15) is 10.8 Å². The van der Waals surface area contributed by atoms with Gasteiger partial charge in [-0.15, -0.1) is 11.3 Å². The fourth-order valence-electron chi connectivity index (χ4n) is 2.83. The van der Waals surface area contributed by atoms with Crippen molar-refractivity contribution in [3.8, 4) is 17.0 Å². The van der Waals surface area contributed by atoms with Gasteiger partial charge < -0.3 is 10.4 Å². The van der Waals surface area contributed by atoms with Gasteiger partial charge in [-0.1, -0.05) is 19.3 Å². The van der Waals surface area contributed by atoms with Crippen molar-refractivity contribution in [2.75, 3.05) is 0 Å². The van der Waals surface area contributed by atoms with Crippen LogP contribution in [0.15, 0.2) is 29.6 Å². The summed E-state index contributed by atoms with van der Waals surface area (Å²) in [5.74, 6) is 0.602. The normalized spacial score (nSPS) is 15.6. The van der Waals surface area contributed by atoms with Gasteiger partial charge in [0.05, 0.1) is 12.2 Å². The third-order valence-corrected chi connectivity index (χ3v) is 4.95. The quantitative estimate of drug-likeness (QED) is 0.904. The van der Waals surface area contributed by atoms with Crippen molar-refractivity contribution < 1.29 is 9.90 Å². The summed E-state index contributed by atoms with van der Waals surface area (Å²) in [6.45, 7) is 0.498. The maximum absolute atomic E-state index is 12.1. The molecule has 0 saturated heterocycles. The van der Waals surface area contributed by atoms with E-state index in [9.17, 15) is 9.90 Å². The highest BCUT2D eigenvalue weighted by Gasteiger charge is 2.20. The molecule has 0 radical (unpaired) electrons. The molecule has 2 N–H and O–H groups in total. The molecule has 1 aliphatic rings. The first-order valence-corrected chi connectivity index (χ1v) is 8.62. The van der Waals surface area contributed by atoms with Gasteiger partial charge in [0.2, 0.25) is 5.91 Å². The number of rotatable bonds is 4. The summed E-state index contributed by atoms with van der Waals surface area (Å²) in [7, 11) is 0. The lowest BCUT2D eigenvalue weighted by Crippen LogP contribution is -2.31. The average molecular weight is 316 g/mol. The number of hydrogen-bond acceptors (Lipinski definition) is 4. The highest BCUT2D eigenvalue weighted by atomic mass is 32.1. The fraction of sp³-hybridized carbons (Fsp3) is 0.412. The van der Waals surface area contributed by atoms with Crippen LogP contribution in [-0.2, 0) is 11.3 Å². The number of amides is 1. The summed E-state index contributed by atoms with van der Waals surface area (Å²) in [6.07, 6.45) is 5.62. The van der Waals surface area contributed by atoms with Gasteiger partial charge in [0.15, 0.2) is 0 Å². The molecular weight excluding hydrogens is 296 g/mol. The van der Waals surface area contributed by atoms with Crippen LogP contribution in [0.1, 0.15) is 37.1 Å². The number of nitrogens with one attached hydrogen (secondary N) is 1. The highest BCUT2D eigenvalue weighted by Crippen LogP contribution is 2.25. The van der Waals surface area contributed by atoms with Gasteiger partial charge in [0.25, 0.3) is 0 Å². The molecule has 0 atom stereocenters. The van der Waals surface area contributed by atoms with Gasteiger partial charge in [-0.3, -0.25) is 4.79 Å². The molecule has 1 saturated carbocycles. The second kappa shape index (κ2) is 6.92. The van der Waals surface area contributed by atoms with E-state index in [0.717, 1.165) is 29.1 Å². The van der Waals surface area contributed by atoms with Crippen molar-refractivity contribution >= 4 is 17.2 Å². The summed E-state index contributed by atoms with van der Waals surface area (Å²) in [5.41, 5.74) is 1.85. The van der Waals surface area contributed by atoms with Gasteiger partial charge in [-0.2, -0.15) is 0 Å². The van der Waals surface area contributed by atoms with Gasteiger partial charge in [-0.05, 0) is 37.1 Å². The van der Waals surface area contributed by atoms with Crippen LogP contribution in [0.25, 0.3) is 11.3 Å². The zero-order chi connectivity index (χ0) is 15.4. The Balaban J connectivity index is 1.57. The summed E-state index contributed by atoms with van der Waals surface area (Å²) in [4.78, 5) is 16.7. The Morgan fingerprint density at radius 3 is 2.68 bits per heavy atom. The summed E-state index contributed by atoms with van der Waals surface area (Å²) < 4.78 is 0. The van der Waals surface area contributed by atoms with E-state index >= 15 is 0 Å². The van der Waals surface area contributed by atoms with E-state index in [1.165, 1.54) is 19.3 Å². The predicted octanol–water partition coefficient (Wildman–Crippen LogP) is 3.71. The maximum Gasteiger partial charge on any atom is 0.223 e. The molecule has 22 heavy (non-hydrogen) atoms. The Morgan fingerprint density at radius 2 is 1.95 bits per heavy atom. The molecule has 1 amide bonds. The van der Waals surface area contributed by atoms with E-state index in [1.807, 2.05) is 17.5 Å². The largest absolute Gasteiger partial charge is 0.508 e. The zero-order valence-electron chi connectivity index (χ0n) is 12.4. The van der Waals surface area contributed by atoms with Crippen LogP contribution in [0, 0.1) is 5.92 Å². The SMILES string of the molecule is O=C(NCc1nc(-c2ccc(O)cc2)cs1)C1CCCCC1. The van der Waals surface area contributed by atoms with E-state index in [2.05, 4.69) is 10.3 Å². The minimum atomic E-state index is 0.168. The molecule has 1 aromatic carbocycles. The van der Waals surface area contributed by atoms with Crippen LogP contribution in [0.3, 0.4) is 0 Å². The van der Waals surface area contributed by atoms with E-state index in [0.29, 0.717) is 6.54 Å². The molecule has 1 aliphatic carbocycles. The van der Waals surface area contributed by atoms with Gasteiger partial charge >= 0.3 is 0 Å². The summed E-state index contributed by atoms with van der Waals surface area (Å²) >= 11 is 1.55. The number of aromatic nitrogens is 1. The smallest absolute Gasteiger partial charge is 0.223 e. The van der Waals surface area contributed by atoms with Crippen molar-refractivity contribution in [1.29, 1.82) is 0 Å². The number of aromatic hydroxyl groups is 1. The number of carbonyl (C=O) groups excluding carboxylic acids is 1. The summed E-state index contributed by atoms with van der Waals surface area (Å²) in [6, 6.07) is 6.99. The Hall–Kier alpha value is -1.88. The van der Waals surface area contributed by atoms with E-state index in [1.54, 1.807) is 23.5 Å². The van der Waals surface area contributed by atoms with Crippen molar-refractivity contribution in [3.63, 3.8) is 0 Å². The molecule has 2 aromatic rings. The molecule has 0 bridgehead atoms. The molecule has 0 aliphatic heterocycles. The lowest BCUT2D eigenvalue weighted by Gasteiger charge is -2.20. The zero-order valence-corrected chi connectivity index (χ0v) is 13.2. The van der Waals surface area contributed by atoms with Crippen LogP contribution >= 0.6 is 11.3 Å². The summed E-state index contributed by atoms with van der Waals surface area (Å²) in [5, 5.41) is 15.2. The van der Waals surface area contributed by atoms with Crippen molar-refractivity contribution in [2.24, 2.45) is 5.92 Å². The number of thiazole rings is 1. The lowest BCUT2D eigenvalue weighted by atomic mass is 9.89. The minimum absolute atomic E-state index is 0.168. The molecule has 0 unspecified atom stereocenters. The first-order chi connectivity index (χ1) is 10.7. The average Bonchev–Trinajstić information content (AvgIpc) is 3.03. The number of nitrogens with zero attached hydrogens (tertiary/aromatic N) is 1. The van der Waals surface area contributed by atoms with Crippen LogP contribution in [0.4, 0.5) is 0 Å². The molecule has 0 spiro atoms. The molecule has 1 fully saturated rings. The van der Waals surface area contributed by atoms with Crippen molar-refractivity contribution in [1.82, 2.24) is 10.3 Å². The standard InChI is InChI=1S/C17H20N2O2S/c20-14-8-6-12(7-9-14)15-11-22-16(19-15)10-18-17(21)13-4-2-1-3-5-13/h6-9,11,13,20H,1-5,10H2,(H,18,21). The fourth-order valence-corrected chi connectivity index (χ4v) is 3.57. The molecule has 1 aromatic heterocycles. The second-order valence-electron chi connectivity index (χ2n) is 5.73. The molecule has 3 rings (SSSR count). The van der Waals surface area contributed by atoms with E-state index < -0.39 is 0 Å². The predicted molar refractivity (Wildman–Crippen MR) is 87.6 cm³/mol. The second-order valence-corrected chi connectivity index (χ2v) is 6.67. The molecule has 4 nitrogen and oxygen atoms in total. The minimum Gasteiger partial charge on any atom is -0.508 e. The number of carbonyl (C=O) groups is 1. The van der Waals surface area contributed by atoms with Crippen LogP contribution < -0.4 is 5.32 Å². The number of hydrogen-bond donors (Lipinski definition) is 2. The molecular formula is C17H20N2O2S.